The summed E-state index contributed by atoms with van der Waals surface area (Å²) in [5.41, 5.74) is 2.83. The van der Waals surface area contributed by atoms with Crippen LogP contribution in [0.2, 0.25) is 0 Å². The molecule has 2 aromatic rings. The molecule has 2 amide bonds. The van der Waals surface area contributed by atoms with Crippen LogP contribution in [0.4, 0.5) is 0 Å². The Bertz CT molecular complexity index is 883. The Morgan fingerprint density at radius 1 is 1.07 bits per heavy atom. The van der Waals surface area contributed by atoms with Gasteiger partial charge in [0, 0.05) is 38.3 Å². The van der Waals surface area contributed by atoms with Gasteiger partial charge in [0.1, 0.15) is 6.33 Å². The number of likely N-dealkylation sites (tertiary alicyclic amines) is 2. The molecule has 7 heteroatoms. The number of fused-ring (bicyclic) bond motifs is 1. The fourth-order valence-electron chi connectivity index (χ4n) is 4.64. The number of aryl methyl sites for hydroxylation is 2. The molecule has 1 aromatic heterocycles. The molecule has 2 aliphatic heterocycles. The van der Waals surface area contributed by atoms with Crippen molar-refractivity contribution in [2.24, 2.45) is 11.8 Å². The third kappa shape index (κ3) is 4.36. The quantitative estimate of drug-likeness (QED) is 0.739. The van der Waals surface area contributed by atoms with E-state index in [1.54, 1.807) is 24.3 Å². The number of hydrogen-bond donors (Lipinski definition) is 1. The third-order valence-electron chi connectivity index (χ3n) is 6.21. The second kappa shape index (κ2) is 8.92. The molecule has 2 unspecified atom stereocenters. The van der Waals surface area contributed by atoms with Crippen LogP contribution in [0.1, 0.15) is 38.5 Å². The fourth-order valence-corrected chi connectivity index (χ4v) is 4.64. The van der Waals surface area contributed by atoms with Crippen molar-refractivity contribution in [3.63, 3.8) is 0 Å². The van der Waals surface area contributed by atoms with E-state index < -0.39 is 0 Å². The summed E-state index contributed by atoms with van der Waals surface area (Å²) in [5.74, 6) is 1.07. The van der Waals surface area contributed by atoms with Crippen LogP contribution in [0.25, 0.3) is 0 Å². The zero-order chi connectivity index (χ0) is 21.1. The average molecular weight is 407 g/mol. The van der Waals surface area contributed by atoms with Crippen LogP contribution in [0, 0.1) is 31.7 Å². The van der Waals surface area contributed by atoms with Gasteiger partial charge in [-0.1, -0.05) is 12.1 Å². The van der Waals surface area contributed by atoms with Crippen LogP contribution in [-0.2, 0) is 0 Å². The van der Waals surface area contributed by atoms with Gasteiger partial charge in [-0.3, -0.25) is 9.59 Å². The maximum Gasteiger partial charge on any atom is 0.257 e. The second-order valence-corrected chi connectivity index (χ2v) is 8.31. The van der Waals surface area contributed by atoms with Crippen molar-refractivity contribution in [1.29, 1.82) is 0 Å². The molecule has 7 nitrogen and oxygen atoms in total. The lowest BCUT2D eigenvalue weighted by Gasteiger charge is -2.22. The summed E-state index contributed by atoms with van der Waals surface area (Å²) in [6.07, 6.45) is 2.44. The Kier molecular flexibility index (Phi) is 6.08. The Morgan fingerprint density at radius 2 is 1.70 bits per heavy atom. The molecule has 0 saturated carbocycles. The van der Waals surface area contributed by atoms with Crippen molar-refractivity contribution in [2.75, 3.05) is 39.3 Å². The number of carbonyl (C=O) groups is 2. The topological polar surface area (TPSA) is 78.4 Å². The van der Waals surface area contributed by atoms with Crippen LogP contribution in [-0.4, -0.2) is 70.9 Å². The smallest absolute Gasteiger partial charge is 0.257 e. The van der Waals surface area contributed by atoms with Gasteiger partial charge in [0.25, 0.3) is 11.8 Å². The normalized spacial score (nSPS) is 20.9. The van der Waals surface area contributed by atoms with Gasteiger partial charge in [0.05, 0.1) is 17.0 Å². The van der Waals surface area contributed by atoms with Crippen molar-refractivity contribution in [3.05, 3.63) is 59.2 Å². The molecule has 30 heavy (non-hydrogen) atoms. The maximum absolute atomic E-state index is 13.0. The Labute approximate surface area is 177 Å². The zero-order valence-electron chi connectivity index (χ0n) is 17.6. The standard InChI is InChI=1S/C23H28N5O2/c1-16-21(17(2)26-15-25-16)23(30)28-13-19-11-27(12-20(19)14-28)10-6-9-24-22(29)18-7-4-3-5-8-18/h4-5,7-8,15,19-20H,6,9-14H2,1-2H3,(H,24,29). The Morgan fingerprint density at radius 3 is 2.33 bits per heavy atom. The Hall–Kier alpha value is -2.80. The third-order valence-corrected chi connectivity index (χ3v) is 6.21. The monoisotopic (exact) mass is 406 g/mol. The zero-order valence-corrected chi connectivity index (χ0v) is 17.6. The SMILES string of the molecule is Cc1ncnc(C)c1C(=O)N1CC2CN(CCCNC(=O)c3cc[c]cc3)CC2C1. The van der Waals surface area contributed by atoms with Crippen LogP contribution < -0.4 is 5.32 Å². The minimum atomic E-state index is -0.0353. The first-order valence-corrected chi connectivity index (χ1v) is 10.6. The molecular weight excluding hydrogens is 378 g/mol. The lowest BCUT2D eigenvalue weighted by molar-refractivity contribution is 0.0771. The highest BCUT2D eigenvalue weighted by Gasteiger charge is 2.41. The van der Waals surface area contributed by atoms with Gasteiger partial charge >= 0.3 is 0 Å². The van der Waals surface area contributed by atoms with Crippen LogP contribution >= 0.6 is 0 Å². The van der Waals surface area contributed by atoms with Gasteiger partial charge in [0.15, 0.2) is 0 Å². The van der Waals surface area contributed by atoms with Gasteiger partial charge in [-0.25, -0.2) is 9.97 Å². The fraction of sp³-hybridized carbons (Fsp3) is 0.478. The summed E-state index contributed by atoms with van der Waals surface area (Å²) in [6.45, 7) is 9.01. The van der Waals surface area contributed by atoms with E-state index in [9.17, 15) is 9.59 Å². The predicted octanol–water partition coefficient (Wildman–Crippen LogP) is 1.72. The van der Waals surface area contributed by atoms with Gasteiger partial charge < -0.3 is 15.1 Å². The van der Waals surface area contributed by atoms with Crippen LogP contribution in [0.3, 0.4) is 0 Å². The number of nitrogens with zero attached hydrogens (tertiary/aromatic N) is 4. The molecule has 2 saturated heterocycles. The average Bonchev–Trinajstić information content (AvgIpc) is 3.30. The first-order chi connectivity index (χ1) is 14.5. The molecular formula is C23H28N5O2. The van der Waals surface area contributed by atoms with Crippen LogP contribution in [0.5, 0.6) is 0 Å². The van der Waals surface area contributed by atoms with Gasteiger partial charge in [-0.15, -0.1) is 0 Å². The van der Waals surface area contributed by atoms with E-state index in [0.29, 0.717) is 29.5 Å². The molecule has 0 aliphatic carbocycles. The summed E-state index contributed by atoms with van der Waals surface area (Å²) in [7, 11) is 0. The highest BCUT2D eigenvalue weighted by atomic mass is 16.2. The summed E-state index contributed by atoms with van der Waals surface area (Å²) in [5, 5.41) is 2.98. The summed E-state index contributed by atoms with van der Waals surface area (Å²) >= 11 is 0. The largest absolute Gasteiger partial charge is 0.352 e. The molecule has 0 spiro atoms. The summed E-state index contributed by atoms with van der Waals surface area (Å²) in [6, 6.07) is 9.96. The van der Waals surface area contributed by atoms with Crippen molar-refractivity contribution in [3.8, 4) is 0 Å². The molecule has 1 N–H and O–H groups in total. The highest BCUT2D eigenvalue weighted by molar-refractivity contribution is 5.96. The van der Waals surface area contributed by atoms with Gasteiger partial charge in [-0.05, 0) is 56.8 Å². The van der Waals surface area contributed by atoms with Crippen LogP contribution in [0.15, 0.2) is 30.6 Å². The van der Waals surface area contributed by atoms with E-state index in [4.69, 9.17) is 0 Å². The van der Waals surface area contributed by atoms with E-state index >= 15 is 0 Å². The highest BCUT2D eigenvalue weighted by Crippen LogP contribution is 2.32. The maximum atomic E-state index is 13.0. The number of hydrogen-bond acceptors (Lipinski definition) is 5. The molecule has 4 rings (SSSR count). The van der Waals surface area contributed by atoms with Crippen molar-refractivity contribution < 1.29 is 9.59 Å². The lowest BCUT2D eigenvalue weighted by Crippen LogP contribution is -2.35. The molecule has 157 valence electrons. The number of carbonyl (C=O) groups excluding carboxylic acids is 2. The molecule has 1 radical (unpaired) electrons. The summed E-state index contributed by atoms with van der Waals surface area (Å²) in [4.78, 5) is 37.9. The van der Waals surface area contributed by atoms with Crippen molar-refractivity contribution >= 4 is 11.8 Å². The number of aromatic nitrogens is 2. The number of nitrogens with one attached hydrogen (secondary N) is 1. The Balaban J connectivity index is 1.21. The predicted molar refractivity (Wildman–Crippen MR) is 113 cm³/mol. The second-order valence-electron chi connectivity index (χ2n) is 8.31. The van der Waals surface area contributed by atoms with Gasteiger partial charge in [-0.2, -0.15) is 0 Å². The first-order valence-electron chi connectivity index (χ1n) is 10.6. The minimum absolute atomic E-state index is 0.0353. The number of benzene rings is 1. The number of rotatable bonds is 6. The first kappa shape index (κ1) is 20.5. The summed E-state index contributed by atoms with van der Waals surface area (Å²) < 4.78 is 0. The van der Waals surface area contributed by atoms with E-state index in [-0.39, 0.29) is 11.8 Å². The lowest BCUT2D eigenvalue weighted by atomic mass is 10.0. The molecule has 3 heterocycles. The van der Waals surface area contributed by atoms with Gasteiger partial charge in [0.2, 0.25) is 0 Å². The van der Waals surface area contributed by atoms with E-state index in [2.05, 4.69) is 26.3 Å². The van der Waals surface area contributed by atoms with Crippen molar-refractivity contribution in [2.45, 2.75) is 20.3 Å². The van der Waals surface area contributed by atoms with E-state index in [1.165, 1.54) is 6.33 Å². The molecule has 1 aromatic carbocycles. The molecule has 2 fully saturated rings. The molecule has 2 aliphatic rings. The van der Waals surface area contributed by atoms with E-state index in [0.717, 1.165) is 50.5 Å². The van der Waals surface area contributed by atoms with E-state index in [1.807, 2.05) is 18.7 Å². The molecule has 0 bridgehead atoms. The molecule has 2 atom stereocenters. The minimum Gasteiger partial charge on any atom is -0.352 e. The van der Waals surface area contributed by atoms with Crippen molar-refractivity contribution in [1.82, 2.24) is 25.1 Å². The number of amides is 2.